The molecule has 12 nitrogen and oxygen atoms in total. The number of rotatable bonds is 15. The van der Waals surface area contributed by atoms with Crippen molar-refractivity contribution in [3.8, 4) is 33.8 Å². The maximum Gasteiger partial charge on any atom is 0.326 e. The van der Waals surface area contributed by atoms with Crippen LogP contribution in [-0.4, -0.2) is 62.2 Å². The molecule has 1 atom stereocenters. The van der Waals surface area contributed by atoms with Gasteiger partial charge in [-0.15, -0.1) is 0 Å². The molecule has 2 heterocycles. The number of aliphatic carboxylic acids is 1. The first-order valence-electron chi connectivity index (χ1n) is 17.3. The topological polar surface area (TPSA) is 166 Å². The van der Waals surface area contributed by atoms with Crippen LogP contribution in [0.25, 0.3) is 33.0 Å². The minimum Gasteiger partial charge on any atom is -0.496 e. The lowest BCUT2D eigenvalue weighted by molar-refractivity contribution is -0.139. The summed E-state index contributed by atoms with van der Waals surface area (Å²) in [5, 5.41) is 13.5. The van der Waals surface area contributed by atoms with Crippen molar-refractivity contribution >= 4 is 38.4 Å². The van der Waals surface area contributed by atoms with Gasteiger partial charge in [0.1, 0.15) is 34.7 Å². The summed E-state index contributed by atoms with van der Waals surface area (Å²) in [6.07, 6.45) is 4.07. The molecular formula is C41H35F3N4O8S. The van der Waals surface area contributed by atoms with Crippen molar-refractivity contribution in [2.75, 3.05) is 25.5 Å². The van der Waals surface area contributed by atoms with Crippen LogP contribution in [0.5, 0.6) is 11.5 Å². The Morgan fingerprint density at radius 1 is 0.842 bits per heavy atom. The van der Waals surface area contributed by atoms with Crippen molar-refractivity contribution in [1.29, 1.82) is 0 Å². The molecule has 4 aromatic carbocycles. The van der Waals surface area contributed by atoms with E-state index in [1.807, 2.05) is 19.1 Å². The molecule has 0 saturated heterocycles. The number of nitrogens with one attached hydrogen (secondary N) is 2. The zero-order chi connectivity index (χ0) is 40.9. The van der Waals surface area contributed by atoms with E-state index >= 15 is 8.78 Å². The van der Waals surface area contributed by atoms with Crippen LogP contribution in [0.3, 0.4) is 0 Å². The minimum atomic E-state index is -4.38. The van der Waals surface area contributed by atoms with Crippen LogP contribution in [0.2, 0.25) is 0 Å². The summed E-state index contributed by atoms with van der Waals surface area (Å²) in [4.78, 5) is 33.2. The van der Waals surface area contributed by atoms with E-state index in [9.17, 15) is 27.5 Å². The number of nitrogens with zero attached hydrogens (tertiary/aromatic N) is 2. The second-order valence-corrected chi connectivity index (χ2v) is 14.3. The van der Waals surface area contributed by atoms with Gasteiger partial charge < -0.3 is 24.6 Å². The van der Waals surface area contributed by atoms with Crippen LogP contribution in [0.15, 0.2) is 102 Å². The predicted octanol–water partition coefficient (Wildman–Crippen LogP) is 7.16. The molecule has 0 saturated carbocycles. The summed E-state index contributed by atoms with van der Waals surface area (Å²) < 4.78 is 89.5. The Morgan fingerprint density at radius 2 is 1.53 bits per heavy atom. The molecule has 0 aliphatic rings. The Morgan fingerprint density at radius 3 is 2.14 bits per heavy atom. The van der Waals surface area contributed by atoms with E-state index in [1.54, 1.807) is 24.4 Å². The number of carboxylic acids is 1. The third-order valence-corrected chi connectivity index (χ3v) is 10.4. The second-order valence-electron chi connectivity index (χ2n) is 12.6. The summed E-state index contributed by atoms with van der Waals surface area (Å²) in [6.45, 7) is 2.73. The number of carboxylic acid groups (broad SMARTS) is 1. The molecule has 2 aromatic heterocycles. The molecule has 57 heavy (non-hydrogen) atoms. The lowest BCUT2D eigenvalue weighted by atomic mass is 9.92. The largest absolute Gasteiger partial charge is 0.496 e. The summed E-state index contributed by atoms with van der Waals surface area (Å²) >= 11 is 0. The van der Waals surface area contributed by atoms with Gasteiger partial charge in [-0.2, -0.15) is 4.39 Å². The first kappa shape index (κ1) is 40.2. The third-order valence-electron chi connectivity index (χ3n) is 8.99. The number of methoxy groups -OCH3 is 2. The van der Waals surface area contributed by atoms with Crippen molar-refractivity contribution in [2.24, 2.45) is 0 Å². The lowest BCUT2D eigenvalue weighted by Gasteiger charge is -2.20. The van der Waals surface area contributed by atoms with Crippen LogP contribution in [0.1, 0.15) is 28.4 Å². The summed E-state index contributed by atoms with van der Waals surface area (Å²) in [7, 11) is -1.34. The van der Waals surface area contributed by atoms with Crippen LogP contribution in [0, 0.1) is 17.6 Å². The minimum absolute atomic E-state index is 0.266. The number of hydrogen-bond acceptors (Lipinski definition) is 9. The van der Waals surface area contributed by atoms with Gasteiger partial charge in [-0.25, -0.2) is 27.0 Å². The van der Waals surface area contributed by atoms with Gasteiger partial charge in [0, 0.05) is 43.1 Å². The third kappa shape index (κ3) is 8.82. The van der Waals surface area contributed by atoms with E-state index in [1.165, 1.54) is 63.0 Å². The van der Waals surface area contributed by atoms with Crippen molar-refractivity contribution in [3.05, 3.63) is 132 Å². The highest BCUT2D eigenvalue weighted by atomic mass is 32.2. The number of aromatic nitrogens is 2. The molecule has 1 amide bonds. The predicted molar refractivity (Wildman–Crippen MR) is 205 cm³/mol. The molecule has 0 aliphatic carbocycles. The molecule has 3 N–H and O–H groups in total. The van der Waals surface area contributed by atoms with Crippen molar-refractivity contribution in [2.45, 2.75) is 30.9 Å². The quantitative estimate of drug-likeness (QED) is 0.0908. The van der Waals surface area contributed by atoms with Crippen LogP contribution >= 0.6 is 0 Å². The molecule has 0 radical (unpaired) electrons. The van der Waals surface area contributed by atoms with E-state index in [0.29, 0.717) is 75.4 Å². The fourth-order valence-electron chi connectivity index (χ4n) is 6.31. The second kappa shape index (κ2) is 17.1. The molecule has 294 valence electrons. The van der Waals surface area contributed by atoms with Crippen LogP contribution in [0.4, 0.5) is 18.9 Å². The standard InChI is InChI=1S/C41H35F3N4O8S/c1-4-56-22-23-15-35(54-2)38(36(16-23)55-3)30-10-7-26(29-12-13-45-21-31(29)30)17-34(41(50)51)47-40(49)39-32(42)19-27(20-33(39)43)48-57(52,53)28-8-5-24(6-9-28)25-11-14-46-37(44)18-25/h5-16,18-21,34,48H,4,17,22H2,1-3H3,(H,47,49)(H,50,51)/t34-/m0/s1. The van der Waals surface area contributed by atoms with Crippen molar-refractivity contribution in [3.63, 3.8) is 0 Å². The monoisotopic (exact) mass is 800 g/mol. The van der Waals surface area contributed by atoms with E-state index in [-0.39, 0.29) is 11.3 Å². The number of ether oxygens (including phenoxy) is 3. The number of pyridine rings is 2. The SMILES string of the molecule is CCOCc1cc(OC)c(-c2ccc(C[C@H](NC(=O)c3c(F)cc(NS(=O)(=O)c4ccc(-c5ccnc(F)c5)cc4)cc3F)C(=O)O)c3ccncc23)c(OC)c1. The molecule has 0 fully saturated rings. The summed E-state index contributed by atoms with van der Waals surface area (Å²) in [6, 6.07) is 16.3. The van der Waals surface area contributed by atoms with E-state index in [4.69, 9.17) is 14.2 Å². The number of carbonyl (C=O) groups is 2. The van der Waals surface area contributed by atoms with E-state index < -0.39 is 56.8 Å². The molecule has 6 rings (SSSR count). The summed E-state index contributed by atoms with van der Waals surface area (Å²) in [5.74, 6) is -5.47. The van der Waals surface area contributed by atoms with Crippen LogP contribution in [-0.2, 0) is 32.6 Å². The molecule has 0 aliphatic heterocycles. The zero-order valence-corrected chi connectivity index (χ0v) is 31.5. The van der Waals surface area contributed by atoms with Gasteiger partial charge in [-0.05, 0) is 88.7 Å². The highest BCUT2D eigenvalue weighted by Crippen LogP contribution is 2.43. The first-order chi connectivity index (χ1) is 27.3. The normalized spacial score (nSPS) is 11.9. The maximum absolute atomic E-state index is 15.4. The van der Waals surface area contributed by atoms with E-state index in [0.717, 1.165) is 5.56 Å². The molecule has 0 spiro atoms. The molecule has 0 bridgehead atoms. The number of sulfonamides is 1. The highest BCUT2D eigenvalue weighted by molar-refractivity contribution is 7.92. The van der Waals surface area contributed by atoms with Gasteiger partial charge in [0.05, 0.1) is 37.0 Å². The molecule has 16 heteroatoms. The fraction of sp³-hybridized carbons (Fsp3) is 0.171. The fourth-order valence-corrected chi connectivity index (χ4v) is 7.35. The lowest BCUT2D eigenvalue weighted by Crippen LogP contribution is -2.43. The Hall–Kier alpha value is -6.52. The average Bonchev–Trinajstić information content (AvgIpc) is 3.19. The van der Waals surface area contributed by atoms with E-state index in [2.05, 4.69) is 20.0 Å². The smallest absolute Gasteiger partial charge is 0.326 e. The van der Waals surface area contributed by atoms with Gasteiger partial charge in [0.25, 0.3) is 15.9 Å². The van der Waals surface area contributed by atoms with Gasteiger partial charge in [-0.3, -0.25) is 14.5 Å². The Balaban J connectivity index is 1.23. The number of hydrogen-bond donors (Lipinski definition) is 3. The number of carbonyl (C=O) groups excluding carboxylic acids is 1. The zero-order valence-electron chi connectivity index (χ0n) is 30.7. The number of fused-ring (bicyclic) bond motifs is 1. The Labute approximate surface area is 325 Å². The van der Waals surface area contributed by atoms with Gasteiger partial charge in [0.15, 0.2) is 0 Å². The van der Waals surface area contributed by atoms with Crippen molar-refractivity contribution < 1.29 is 50.5 Å². The number of halogens is 3. The Kier molecular flexibility index (Phi) is 12.0. The maximum atomic E-state index is 15.4. The summed E-state index contributed by atoms with van der Waals surface area (Å²) in [5.41, 5.74) is 1.86. The highest BCUT2D eigenvalue weighted by Gasteiger charge is 2.28. The number of amides is 1. The van der Waals surface area contributed by atoms with Gasteiger partial charge in [-0.1, -0.05) is 24.3 Å². The Bertz CT molecular complexity index is 2540. The van der Waals surface area contributed by atoms with Gasteiger partial charge >= 0.3 is 5.97 Å². The molecule has 0 unspecified atom stereocenters. The number of anilines is 1. The molecule has 6 aromatic rings. The molecular weight excluding hydrogens is 766 g/mol. The first-order valence-corrected chi connectivity index (χ1v) is 18.8. The van der Waals surface area contributed by atoms with Crippen molar-refractivity contribution in [1.82, 2.24) is 15.3 Å². The average molecular weight is 801 g/mol. The van der Waals surface area contributed by atoms with Crippen LogP contribution < -0.4 is 19.5 Å². The number of benzene rings is 4. The van der Waals surface area contributed by atoms with Gasteiger partial charge in [0.2, 0.25) is 5.95 Å².